The van der Waals surface area contributed by atoms with E-state index in [-0.39, 0.29) is 12.5 Å². The van der Waals surface area contributed by atoms with Crippen molar-refractivity contribution in [2.75, 3.05) is 25.5 Å². The van der Waals surface area contributed by atoms with Gasteiger partial charge in [-0.1, -0.05) is 31.4 Å². The zero-order valence-electron chi connectivity index (χ0n) is 12.9. The predicted octanol–water partition coefficient (Wildman–Crippen LogP) is 2.67. The van der Waals surface area contributed by atoms with E-state index in [9.17, 15) is 4.79 Å². The van der Waals surface area contributed by atoms with Crippen LogP contribution >= 0.6 is 0 Å². The molecule has 0 radical (unpaired) electrons. The van der Waals surface area contributed by atoms with Crippen LogP contribution in [0.1, 0.15) is 37.7 Å². The van der Waals surface area contributed by atoms with Gasteiger partial charge in [0.25, 0.3) is 0 Å². The highest BCUT2D eigenvalue weighted by molar-refractivity contribution is 6.10. The average Bonchev–Trinajstić information content (AvgIpc) is 2.66. The van der Waals surface area contributed by atoms with E-state index < -0.39 is 0 Å². The van der Waals surface area contributed by atoms with Crippen LogP contribution in [-0.4, -0.2) is 43.3 Å². The number of benzene rings is 1. The highest BCUT2D eigenvalue weighted by Gasteiger charge is 2.27. The Bertz CT molecular complexity index is 561. The summed E-state index contributed by atoms with van der Waals surface area (Å²) in [6.45, 7) is 0.234. The van der Waals surface area contributed by atoms with E-state index in [1.165, 1.54) is 32.1 Å². The van der Waals surface area contributed by atoms with Crippen LogP contribution in [0.3, 0.4) is 0 Å². The quantitative estimate of drug-likeness (QED) is 0.795. The van der Waals surface area contributed by atoms with Crippen LogP contribution in [-0.2, 0) is 4.79 Å². The van der Waals surface area contributed by atoms with Crippen LogP contribution in [0.25, 0.3) is 0 Å². The third-order valence-electron chi connectivity index (χ3n) is 4.70. The van der Waals surface area contributed by atoms with Gasteiger partial charge in [-0.05, 0) is 25.0 Å². The summed E-state index contributed by atoms with van der Waals surface area (Å²) >= 11 is 0. The first-order chi connectivity index (χ1) is 10.2. The Kier molecular flexibility index (Phi) is 3.95. The van der Waals surface area contributed by atoms with Crippen molar-refractivity contribution in [3.63, 3.8) is 0 Å². The maximum absolute atomic E-state index is 12.1. The molecule has 0 atom stereocenters. The van der Waals surface area contributed by atoms with Gasteiger partial charge in [0.2, 0.25) is 5.91 Å². The first kappa shape index (κ1) is 14.1. The lowest BCUT2D eigenvalue weighted by Gasteiger charge is -2.34. The van der Waals surface area contributed by atoms with Crippen LogP contribution in [0.15, 0.2) is 29.3 Å². The minimum Gasteiger partial charge on any atom is -0.356 e. The minimum absolute atomic E-state index is 0.0505. The van der Waals surface area contributed by atoms with Crippen molar-refractivity contribution in [1.82, 2.24) is 4.90 Å². The number of amides is 1. The van der Waals surface area contributed by atoms with E-state index in [2.05, 4.69) is 23.0 Å². The monoisotopic (exact) mass is 285 g/mol. The summed E-state index contributed by atoms with van der Waals surface area (Å²) in [5.74, 6) is 1.02. The first-order valence-corrected chi connectivity index (χ1v) is 7.81. The summed E-state index contributed by atoms with van der Waals surface area (Å²) in [5.41, 5.74) is 2.03. The van der Waals surface area contributed by atoms with Crippen LogP contribution in [0.5, 0.6) is 0 Å². The lowest BCUT2D eigenvalue weighted by atomic mass is 9.94. The van der Waals surface area contributed by atoms with Crippen molar-refractivity contribution in [2.24, 2.45) is 4.99 Å². The third-order valence-corrected chi connectivity index (χ3v) is 4.70. The Hall–Kier alpha value is -1.84. The number of para-hydroxylation sites is 1. The summed E-state index contributed by atoms with van der Waals surface area (Å²) in [6, 6.07) is 8.62. The zero-order valence-corrected chi connectivity index (χ0v) is 12.9. The maximum Gasteiger partial charge on any atom is 0.248 e. The number of anilines is 1. The van der Waals surface area contributed by atoms with Gasteiger partial charge in [-0.15, -0.1) is 0 Å². The van der Waals surface area contributed by atoms with Gasteiger partial charge in [-0.2, -0.15) is 0 Å². The Balaban J connectivity index is 1.97. The number of hydrogen-bond donors (Lipinski definition) is 0. The van der Waals surface area contributed by atoms with E-state index in [0.717, 1.165) is 17.1 Å². The van der Waals surface area contributed by atoms with Gasteiger partial charge in [0.05, 0.1) is 5.69 Å². The van der Waals surface area contributed by atoms with Gasteiger partial charge in [0.1, 0.15) is 12.4 Å². The molecule has 0 unspecified atom stereocenters. The smallest absolute Gasteiger partial charge is 0.248 e. The molecule has 1 aromatic rings. The number of likely N-dealkylation sites (N-methyl/N-ethyl adjacent to an activating group) is 1. The molecule has 2 aliphatic rings. The molecule has 4 nitrogen and oxygen atoms in total. The molecule has 0 bridgehead atoms. The second-order valence-corrected chi connectivity index (χ2v) is 6.01. The molecule has 4 heteroatoms. The Labute approximate surface area is 126 Å². The topological polar surface area (TPSA) is 35.9 Å². The molecule has 1 aromatic carbocycles. The van der Waals surface area contributed by atoms with Gasteiger partial charge < -0.3 is 9.80 Å². The Morgan fingerprint density at radius 1 is 1.19 bits per heavy atom. The highest BCUT2D eigenvalue weighted by atomic mass is 16.2. The van der Waals surface area contributed by atoms with Crippen molar-refractivity contribution in [1.29, 1.82) is 0 Å². The van der Waals surface area contributed by atoms with Crippen molar-refractivity contribution < 1.29 is 4.79 Å². The number of hydrogen-bond acceptors (Lipinski definition) is 3. The zero-order chi connectivity index (χ0) is 14.8. The van der Waals surface area contributed by atoms with Crippen LogP contribution in [0.2, 0.25) is 0 Å². The van der Waals surface area contributed by atoms with E-state index in [1.54, 1.807) is 4.90 Å². The molecule has 1 heterocycles. The standard InChI is InChI=1S/C17H23N3O/c1-19(13-8-4-3-5-9-13)17-14-10-6-7-11-15(14)20(2)16(21)12-18-17/h6-7,10-11,13H,3-5,8-9,12H2,1-2H3. The first-order valence-electron chi connectivity index (χ1n) is 7.81. The van der Waals surface area contributed by atoms with Crippen molar-refractivity contribution in [3.05, 3.63) is 29.8 Å². The van der Waals surface area contributed by atoms with Gasteiger partial charge >= 0.3 is 0 Å². The molecule has 1 aliphatic heterocycles. The third kappa shape index (κ3) is 2.67. The number of fused-ring (bicyclic) bond motifs is 1. The largest absolute Gasteiger partial charge is 0.356 e. The van der Waals surface area contributed by atoms with Crippen molar-refractivity contribution in [2.45, 2.75) is 38.1 Å². The molecule has 1 fully saturated rings. The number of carbonyl (C=O) groups is 1. The molecule has 1 saturated carbocycles. The normalized spacial score (nSPS) is 19.8. The molecular weight excluding hydrogens is 262 g/mol. The second-order valence-electron chi connectivity index (χ2n) is 6.01. The van der Waals surface area contributed by atoms with Gasteiger partial charge in [0.15, 0.2) is 0 Å². The number of nitrogens with zero attached hydrogens (tertiary/aromatic N) is 3. The molecule has 0 saturated heterocycles. The lowest BCUT2D eigenvalue weighted by molar-refractivity contribution is -0.116. The molecule has 0 spiro atoms. The molecule has 1 amide bonds. The van der Waals surface area contributed by atoms with E-state index in [0.29, 0.717) is 6.04 Å². The van der Waals surface area contributed by atoms with Crippen LogP contribution < -0.4 is 4.90 Å². The van der Waals surface area contributed by atoms with E-state index >= 15 is 0 Å². The van der Waals surface area contributed by atoms with Gasteiger partial charge in [0, 0.05) is 25.7 Å². The second kappa shape index (κ2) is 5.88. The maximum atomic E-state index is 12.1. The fourth-order valence-electron chi connectivity index (χ4n) is 3.37. The summed E-state index contributed by atoms with van der Waals surface area (Å²) in [5, 5.41) is 0. The van der Waals surface area contributed by atoms with Crippen LogP contribution in [0, 0.1) is 0 Å². The number of aliphatic imine (C=N–C) groups is 1. The SMILES string of the molecule is CN1C(=O)CN=C(N(C)C2CCCCC2)c2ccccc21. The molecular formula is C17H23N3O. The summed E-state index contributed by atoms with van der Waals surface area (Å²) < 4.78 is 0. The predicted molar refractivity (Wildman–Crippen MR) is 85.9 cm³/mol. The molecule has 0 N–H and O–H groups in total. The molecule has 112 valence electrons. The Morgan fingerprint density at radius 2 is 1.90 bits per heavy atom. The lowest BCUT2D eigenvalue weighted by Crippen LogP contribution is -2.39. The summed E-state index contributed by atoms with van der Waals surface area (Å²) in [6.07, 6.45) is 6.38. The van der Waals surface area contributed by atoms with Crippen LogP contribution in [0.4, 0.5) is 5.69 Å². The minimum atomic E-state index is 0.0505. The van der Waals surface area contributed by atoms with Crippen molar-refractivity contribution in [3.8, 4) is 0 Å². The summed E-state index contributed by atoms with van der Waals surface area (Å²) in [4.78, 5) is 20.8. The molecule has 0 aromatic heterocycles. The number of rotatable bonds is 1. The molecule has 1 aliphatic carbocycles. The number of carbonyl (C=O) groups excluding carboxylic acids is 1. The van der Waals surface area contributed by atoms with E-state index in [1.807, 2.05) is 25.2 Å². The van der Waals surface area contributed by atoms with E-state index in [4.69, 9.17) is 0 Å². The molecule has 3 rings (SSSR count). The highest BCUT2D eigenvalue weighted by Crippen LogP contribution is 2.28. The number of amidine groups is 1. The number of benzodiazepines with no additional fused rings is 1. The fourth-order valence-corrected chi connectivity index (χ4v) is 3.37. The fraction of sp³-hybridized carbons (Fsp3) is 0.529. The average molecular weight is 285 g/mol. The Morgan fingerprint density at radius 3 is 2.67 bits per heavy atom. The van der Waals surface area contributed by atoms with Gasteiger partial charge in [-0.25, -0.2) is 0 Å². The summed E-state index contributed by atoms with van der Waals surface area (Å²) in [7, 11) is 3.96. The van der Waals surface area contributed by atoms with Gasteiger partial charge in [-0.3, -0.25) is 9.79 Å². The molecule has 21 heavy (non-hydrogen) atoms. The van der Waals surface area contributed by atoms with Crippen molar-refractivity contribution >= 4 is 17.4 Å².